The molecule has 1 aliphatic rings. The highest BCUT2D eigenvalue weighted by atomic mass is 16.5. The molecule has 1 atom stereocenters. The molecule has 0 bridgehead atoms. The number of rotatable bonds is 5. The van der Waals surface area contributed by atoms with Gasteiger partial charge in [0.15, 0.2) is 11.6 Å². The van der Waals surface area contributed by atoms with Gasteiger partial charge >= 0.3 is 0 Å². The van der Waals surface area contributed by atoms with Gasteiger partial charge in [-0.05, 0) is 45.2 Å². The Morgan fingerprint density at radius 1 is 1.53 bits per heavy atom. The fourth-order valence-corrected chi connectivity index (χ4v) is 2.38. The van der Waals surface area contributed by atoms with Crippen LogP contribution in [0.3, 0.4) is 0 Å². The second kappa shape index (κ2) is 6.24. The molecule has 0 radical (unpaired) electrons. The van der Waals surface area contributed by atoms with Crippen molar-refractivity contribution in [3.8, 4) is 5.75 Å². The summed E-state index contributed by atoms with van der Waals surface area (Å²) >= 11 is 0. The van der Waals surface area contributed by atoms with E-state index in [0.717, 1.165) is 44.0 Å². The first-order valence-corrected chi connectivity index (χ1v) is 7.09. The molecule has 0 aromatic carbocycles. The third kappa shape index (κ3) is 4.10. The van der Waals surface area contributed by atoms with Crippen molar-refractivity contribution in [3.05, 3.63) is 18.3 Å². The van der Waals surface area contributed by atoms with Crippen LogP contribution in [-0.4, -0.2) is 29.8 Å². The van der Waals surface area contributed by atoms with Crippen molar-refractivity contribution in [2.24, 2.45) is 0 Å². The van der Waals surface area contributed by atoms with E-state index in [0.29, 0.717) is 6.04 Å². The fraction of sp³-hybridized carbons (Fsp3) is 0.667. The SMILES string of the molecule is CCCOc1cccnc1NC1CCOC(C)(C)C1. The smallest absolute Gasteiger partial charge is 0.168 e. The van der Waals surface area contributed by atoms with Gasteiger partial charge in [0.25, 0.3) is 0 Å². The lowest BCUT2D eigenvalue weighted by atomic mass is 9.94. The van der Waals surface area contributed by atoms with Gasteiger partial charge in [0.05, 0.1) is 12.2 Å². The maximum atomic E-state index is 5.74. The lowest BCUT2D eigenvalue weighted by Crippen LogP contribution is -2.40. The zero-order chi connectivity index (χ0) is 13.7. The molecule has 2 rings (SSSR count). The first-order chi connectivity index (χ1) is 9.11. The fourth-order valence-electron chi connectivity index (χ4n) is 2.38. The van der Waals surface area contributed by atoms with Crippen molar-refractivity contribution in [1.82, 2.24) is 4.98 Å². The summed E-state index contributed by atoms with van der Waals surface area (Å²) < 4.78 is 11.5. The van der Waals surface area contributed by atoms with E-state index in [9.17, 15) is 0 Å². The van der Waals surface area contributed by atoms with E-state index in [1.807, 2.05) is 12.1 Å². The molecule has 106 valence electrons. The minimum Gasteiger partial charge on any atom is -0.490 e. The summed E-state index contributed by atoms with van der Waals surface area (Å²) in [4.78, 5) is 4.40. The van der Waals surface area contributed by atoms with E-state index in [2.05, 4.69) is 31.1 Å². The van der Waals surface area contributed by atoms with E-state index in [4.69, 9.17) is 9.47 Å². The molecule has 0 spiro atoms. The highest BCUT2D eigenvalue weighted by molar-refractivity contribution is 5.50. The van der Waals surface area contributed by atoms with Gasteiger partial charge < -0.3 is 14.8 Å². The molecule has 1 saturated heterocycles. The van der Waals surface area contributed by atoms with Crippen molar-refractivity contribution in [2.75, 3.05) is 18.5 Å². The van der Waals surface area contributed by atoms with E-state index in [1.54, 1.807) is 6.20 Å². The van der Waals surface area contributed by atoms with Crippen LogP contribution in [0.2, 0.25) is 0 Å². The molecule has 4 nitrogen and oxygen atoms in total. The number of ether oxygens (including phenoxy) is 2. The normalized spacial score (nSPS) is 21.9. The van der Waals surface area contributed by atoms with Gasteiger partial charge in [0.2, 0.25) is 0 Å². The maximum Gasteiger partial charge on any atom is 0.168 e. The first-order valence-electron chi connectivity index (χ1n) is 7.09. The van der Waals surface area contributed by atoms with E-state index in [-0.39, 0.29) is 5.60 Å². The van der Waals surface area contributed by atoms with Crippen molar-refractivity contribution in [2.45, 2.75) is 51.7 Å². The predicted molar refractivity (Wildman–Crippen MR) is 76.7 cm³/mol. The monoisotopic (exact) mass is 264 g/mol. The highest BCUT2D eigenvalue weighted by Crippen LogP contribution is 2.28. The number of nitrogens with one attached hydrogen (secondary N) is 1. The molecule has 2 heterocycles. The Bertz CT molecular complexity index is 407. The zero-order valence-electron chi connectivity index (χ0n) is 12.1. The number of hydrogen-bond acceptors (Lipinski definition) is 4. The Labute approximate surface area is 115 Å². The summed E-state index contributed by atoms with van der Waals surface area (Å²) in [7, 11) is 0. The number of anilines is 1. The van der Waals surface area contributed by atoms with Crippen LogP contribution in [0.1, 0.15) is 40.0 Å². The van der Waals surface area contributed by atoms with Crippen LogP contribution in [0.4, 0.5) is 5.82 Å². The second-order valence-electron chi connectivity index (χ2n) is 5.64. The number of aromatic nitrogens is 1. The molecular formula is C15H24N2O2. The molecule has 1 N–H and O–H groups in total. The third-order valence-electron chi connectivity index (χ3n) is 3.27. The Morgan fingerprint density at radius 3 is 3.11 bits per heavy atom. The topological polar surface area (TPSA) is 43.4 Å². The largest absolute Gasteiger partial charge is 0.490 e. The second-order valence-corrected chi connectivity index (χ2v) is 5.64. The Balaban J connectivity index is 2.02. The molecule has 1 aromatic heterocycles. The number of nitrogens with zero attached hydrogens (tertiary/aromatic N) is 1. The summed E-state index contributed by atoms with van der Waals surface area (Å²) in [5.41, 5.74) is -0.0604. The van der Waals surface area contributed by atoms with Crippen molar-refractivity contribution < 1.29 is 9.47 Å². The Morgan fingerprint density at radius 2 is 2.37 bits per heavy atom. The molecule has 1 aliphatic heterocycles. The van der Waals surface area contributed by atoms with Crippen molar-refractivity contribution in [1.29, 1.82) is 0 Å². The molecule has 19 heavy (non-hydrogen) atoms. The Hall–Kier alpha value is -1.29. The standard InChI is InChI=1S/C15H24N2O2/c1-4-9-18-13-6-5-8-16-14(13)17-12-7-10-19-15(2,3)11-12/h5-6,8,12H,4,7,9-11H2,1-3H3,(H,16,17). The van der Waals surface area contributed by atoms with Gasteiger partial charge in [0, 0.05) is 18.8 Å². The van der Waals surface area contributed by atoms with Gasteiger partial charge in [-0.3, -0.25) is 0 Å². The lowest BCUT2D eigenvalue weighted by molar-refractivity contribution is -0.0553. The molecule has 0 amide bonds. The number of hydrogen-bond donors (Lipinski definition) is 1. The van der Waals surface area contributed by atoms with E-state index < -0.39 is 0 Å². The average molecular weight is 264 g/mol. The molecule has 1 fully saturated rings. The van der Waals surface area contributed by atoms with Gasteiger partial charge in [-0.2, -0.15) is 0 Å². The minimum atomic E-state index is -0.0604. The van der Waals surface area contributed by atoms with Crippen molar-refractivity contribution >= 4 is 5.82 Å². The summed E-state index contributed by atoms with van der Waals surface area (Å²) in [5.74, 6) is 1.69. The van der Waals surface area contributed by atoms with Crippen LogP contribution in [0.15, 0.2) is 18.3 Å². The molecule has 1 unspecified atom stereocenters. The minimum absolute atomic E-state index is 0.0604. The average Bonchev–Trinajstić information content (AvgIpc) is 2.36. The molecular weight excluding hydrogens is 240 g/mol. The van der Waals surface area contributed by atoms with Crippen LogP contribution < -0.4 is 10.1 Å². The quantitative estimate of drug-likeness (QED) is 0.886. The first kappa shape index (κ1) is 14.1. The molecule has 0 saturated carbocycles. The van der Waals surface area contributed by atoms with Crippen LogP contribution >= 0.6 is 0 Å². The van der Waals surface area contributed by atoms with Gasteiger partial charge in [-0.25, -0.2) is 4.98 Å². The van der Waals surface area contributed by atoms with Gasteiger partial charge in [-0.1, -0.05) is 6.92 Å². The third-order valence-corrected chi connectivity index (χ3v) is 3.27. The van der Waals surface area contributed by atoms with Gasteiger partial charge in [0.1, 0.15) is 0 Å². The highest BCUT2D eigenvalue weighted by Gasteiger charge is 2.29. The van der Waals surface area contributed by atoms with Crippen LogP contribution in [0.5, 0.6) is 5.75 Å². The lowest BCUT2D eigenvalue weighted by Gasteiger charge is -2.36. The summed E-state index contributed by atoms with van der Waals surface area (Å²) in [5, 5.41) is 3.50. The van der Waals surface area contributed by atoms with Crippen molar-refractivity contribution in [3.63, 3.8) is 0 Å². The molecule has 1 aromatic rings. The summed E-state index contributed by atoms with van der Waals surface area (Å²) in [6, 6.07) is 4.27. The summed E-state index contributed by atoms with van der Waals surface area (Å²) in [6.45, 7) is 7.88. The van der Waals surface area contributed by atoms with Crippen LogP contribution in [0, 0.1) is 0 Å². The van der Waals surface area contributed by atoms with E-state index >= 15 is 0 Å². The van der Waals surface area contributed by atoms with Gasteiger partial charge in [-0.15, -0.1) is 0 Å². The van der Waals surface area contributed by atoms with Crippen LogP contribution in [-0.2, 0) is 4.74 Å². The molecule has 4 heteroatoms. The number of pyridine rings is 1. The molecule has 0 aliphatic carbocycles. The Kier molecular flexibility index (Phi) is 4.64. The van der Waals surface area contributed by atoms with E-state index in [1.165, 1.54) is 0 Å². The zero-order valence-corrected chi connectivity index (χ0v) is 12.1. The van der Waals surface area contributed by atoms with Crippen LogP contribution in [0.25, 0.3) is 0 Å². The predicted octanol–water partition coefficient (Wildman–Crippen LogP) is 3.24. The maximum absolute atomic E-state index is 5.74. The summed E-state index contributed by atoms with van der Waals surface area (Å²) in [6.07, 6.45) is 4.79.